The number of phosphoric acid groups is 1. The number of allylic oxidation sites excluding steroid dienone is 6. The highest BCUT2D eigenvalue weighted by atomic mass is 31.2. The quantitative estimate of drug-likeness (QED) is 0.0151. The molecule has 0 heterocycles. The Morgan fingerprint density at radius 3 is 1.80 bits per heavy atom. The minimum atomic E-state index is -4.65. The molecule has 4 N–H and O–H groups in total. The van der Waals surface area contributed by atoms with E-state index in [2.05, 4.69) is 31.4 Å². The van der Waals surface area contributed by atoms with Gasteiger partial charge in [-0.2, -0.15) is 0 Å². The van der Waals surface area contributed by atoms with E-state index >= 15 is 0 Å². The van der Waals surface area contributed by atoms with Gasteiger partial charge in [-0.05, 0) is 50.9 Å². The molecule has 12 heteroatoms. The minimum absolute atomic E-state index is 0.0764. The van der Waals surface area contributed by atoms with E-state index in [4.69, 9.17) is 19.1 Å². The highest BCUT2D eigenvalue weighted by Gasteiger charge is 2.27. The SMILES string of the molecule is CCCCC/C=C\C[C@H](O)/C=C/C=C\C/C=C\CCCC(=O)O[C@H](COC(=O)CCCCCCCCCCCCCCCCCC(C)C)COP(=O)(O)OC[C@@H](O)CO. The van der Waals surface area contributed by atoms with Crippen LogP contribution < -0.4 is 0 Å². The van der Waals surface area contributed by atoms with Crippen molar-refractivity contribution in [2.45, 2.75) is 206 Å². The van der Waals surface area contributed by atoms with Crippen LogP contribution in [0, 0.1) is 5.92 Å². The van der Waals surface area contributed by atoms with Gasteiger partial charge in [-0.3, -0.25) is 18.6 Å². The monoisotopic (exact) mass is 857 g/mol. The van der Waals surface area contributed by atoms with Crippen molar-refractivity contribution in [1.82, 2.24) is 0 Å². The van der Waals surface area contributed by atoms with Gasteiger partial charge in [-0.15, -0.1) is 0 Å². The predicted octanol–water partition coefficient (Wildman–Crippen LogP) is 11.3. The molecule has 59 heavy (non-hydrogen) atoms. The molecule has 0 aliphatic heterocycles. The molecular weight excluding hydrogens is 771 g/mol. The van der Waals surface area contributed by atoms with Crippen molar-refractivity contribution in [3.05, 3.63) is 48.6 Å². The molecule has 0 aliphatic carbocycles. The lowest BCUT2D eigenvalue weighted by molar-refractivity contribution is -0.161. The molecule has 344 valence electrons. The molecule has 1 unspecified atom stereocenters. The lowest BCUT2D eigenvalue weighted by Crippen LogP contribution is -2.29. The van der Waals surface area contributed by atoms with Crippen LogP contribution in [0.5, 0.6) is 0 Å². The summed E-state index contributed by atoms with van der Waals surface area (Å²) in [6.45, 7) is 4.55. The summed E-state index contributed by atoms with van der Waals surface area (Å²) < 4.78 is 32.7. The first-order valence-electron chi connectivity index (χ1n) is 23.1. The maximum absolute atomic E-state index is 12.6. The van der Waals surface area contributed by atoms with Crippen LogP contribution in [0.2, 0.25) is 0 Å². The van der Waals surface area contributed by atoms with E-state index in [0.717, 1.165) is 31.6 Å². The van der Waals surface area contributed by atoms with Crippen molar-refractivity contribution in [3.63, 3.8) is 0 Å². The Hall–Kier alpha value is -2.11. The number of unbranched alkanes of at least 4 members (excludes halogenated alkanes) is 18. The molecule has 0 saturated heterocycles. The van der Waals surface area contributed by atoms with Gasteiger partial charge in [-0.1, -0.05) is 179 Å². The van der Waals surface area contributed by atoms with Crippen molar-refractivity contribution >= 4 is 19.8 Å². The Morgan fingerprint density at radius 2 is 1.19 bits per heavy atom. The van der Waals surface area contributed by atoms with Crippen molar-refractivity contribution in [1.29, 1.82) is 0 Å². The topological polar surface area (TPSA) is 169 Å². The molecule has 0 aromatic carbocycles. The van der Waals surface area contributed by atoms with Gasteiger partial charge in [0.1, 0.15) is 12.7 Å². The third-order valence-electron chi connectivity index (χ3n) is 9.74. The van der Waals surface area contributed by atoms with Crippen molar-refractivity contribution < 1.29 is 52.9 Å². The molecule has 0 radical (unpaired) electrons. The molecule has 11 nitrogen and oxygen atoms in total. The van der Waals surface area contributed by atoms with Crippen LogP contribution in [0.4, 0.5) is 0 Å². The summed E-state index contributed by atoms with van der Waals surface area (Å²) >= 11 is 0. The molecule has 4 atom stereocenters. The van der Waals surface area contributed by atoms with Crippen LogP contribution in [-0.4, -0.2) is 76.9 Å². The summed E-state index contributed by atoms with van der Waals surface area (Å²) in [5, 5.41) is 28.4. The number of hydrogen-bond acceptors (Lipinski definition) is 10. The van der Waals surface area contributed by atoms with Gasteiger partial charge >= 0.3 is 19.8 Å². The van der Waals surface area contributed by atoms with E-state index in [1.165, 1.54) is 96.3 Å². The van der Waals surface area contributed by atoms with Crippen LogP contribution >= 0.6 is 7.82 Å². The molecule has 0 bridgehead atoms. The average Bonchev–Trinajstić information content (AvgIpc) is 3.20. The third kappa shape index (κ3) is 42.4. The fourth-order valence-corrected chi connectivity index (χ4v) is 6.93. The van der Waals surface area contributed by atoms with Gasteiger partial charge in [0.25, 0.3) is 0 Å². The maximum Gasteiger partial charge on any atom is 0.472 e. The number of esters is 2. The average molecular weight is 857 g/mol. The van der Waals surface area contributed by atoms with E-state index in [9.17, 15) is 29.3 Å². The van der Waals surface area contributed by atoms with E-state index < -0.39 is 57.9 Å². The van der Waals surface area contributed by atoms with Gasteiger partial charge in [0, 0.05) is 12.8 Å². The second kappa shape index (κ2) is 41.3. The summed E-state index contributed by atoms with van der Waals surface area (Å²) in [5.74, 6) is -0.202. The Labute approximate surface area is 358 Å². The Bertz CT molecular complexity index is 1150. The molecule has 0 saturated carbocycles. The van der Waals surface area contributed by atoms with Crippen LogP contribution in [-0.2, 0) is 32.7 Å². The Kier molecular flexibility index (Phi) is 39.8. The zero-order valence-corrected chi connectivity index (χ0v) is 38.1. The van der Waals surface area contributed by atoms with E-state index in [0.29, 0.717) is 32.1 Å². The van der Waals surface area contributed by atoms with E-state index in [1.54, 1.807) is 6.08 Å². The van der Waals surface area contributed by atoms with Gasteiger partial charge in [0.2, 0.25) is 0 Å². The van der Waals surface area contributed by atoms with Crippen LogP contribution in [0.1, 0.15) is 188 Å². The molecule has 0 aromatic rings. The highest BCUT2D eigenvalue weighted by molar-refractivity contribution is 7.47. The summed E-state index contributed by atoms with van der Waals surface area (Å²) in [7, 11) is -4.65. The first kappa shape index (κ1) is 56.9. The van der Waals surface area contributed by atoms with Gasteiger partial charge in [0.15, 0.2) is 6.10 Å². The Morgan fingerprint density at radius 1 is 0.627 bits per heavy atom. The summed E-state index contributed by atoms with van der Waals surface area (Å²) in [6, 6.07) is 0. The van der Waals surface area contributed by atoms with Gasteiger partial charge < -0.3 is 29.7 Å². The summed E-state index contributed by atoms with van der Waals surface area (Å²) in [5.41, 5.74) is 0. The lowest BCUT2D eigenvalue weighted by Gasteiger charge is -2.20. The standard InChI is InChI=1S/C47H85O11P/c1-4-5-6-7-24-29-34-43(49)35-30-25-20-17-18-22-27-32-37-47(52)58-45(41-57-59(53,54)56-39-44(50)38-48)40-55-46(51)36-31-26-21-16-14-12-10-8-9-11-13-15-19-23-28-33-42(2)3/h18,20,22,24-25,29-30,35,42-45,48-50H,4-17,19,21,23,26-28,31-34,36-41H2,1-3H3,(H,53,54)/b22-18-,25-20-,29-24-,35-30+/t43-,44-,45+/m0/s1. The molecular formula is C47H85O11P. The van der Waals surface area contributed by atoms with Crippen LogP contribution in [0.25, 0.3) is 0 Å². The van der Waals surface area contributed by atoms with Crippen molar-refractivity contribution in [2.24, 2.45) is 5.92 Å². The predicted molar refractivity (Wildman–Crippen MR) is 239 cm³/mol. The number of carbonyl (C=O) groups is 2. The molecule has 0 aliphatic rings. The molecule has 0 fully saturated rings. The number of aliphatic hydroxyl groups excluding tert-OH is 3. The number of ether oxygens (including phenoxy) is 2. The van der Waals surface area contributed by atoms with Crippen molar-refractivity contribution in [3.8, 4) is 0 Å². The fourth-order valence-electron chi connectivity index (χ4n) is 6.14. The number of aliphatic hydroxyl groups is 3. The zero-order valence-electron chi connectivity index (χ0n) is 37.2. The maximum atomic E-state index is 12.6. The number of rotatable bonds is 42. The summed E-state index contributed by atoms with van der Waals surface area (Å²) in [4.78, 5) is 35.0. The van der Waals surface area contributed by atoms with Crippen LogP contribution in [0.15, 0.2) is 48.6 Å². The molecule has 0 spiro atoms. The molecule has 0 amide bonds. The fraction of sp³-hybridized carbons (Fsp3) is 0.787. The first-order chi connectivity index (χ1) is 28.5. The Balaban J connectivity index is 4.39. The second-order valence-electron chi connectivity index (χ2n) is 16.1. The largest absolute Gasteiger partial charge is 0.472 e. The highest BCUT2D eigenvalue weighted by Crippen LogP contribution is 2.43. The summed E-state index contributed by atoms with van der Waals surface area (Å²) in [6.07, 6.45) is 39.7. The number of carbonyl (C=O) groups excluding carboxylic acids is 2. The van der Waals surface area contributed by atoms with E-state index in [1.807, 2.05) is 36.5 Å². The van der Waals surface area contributed by atoms with Crippen LogP contribution in [0.3, 0.4) is 0 Å². The molecule has 0 rings (SSSR count). The third-order valence-corrected chi connectivity index (χ3v) is 10.7. The van der Waals surface area contributed by atoms with Gasteiger partial charge in [-0.25, -0.2) is 4.57 Å². The first-order valence-corrected chi connectivity index (χ1v) is 24.6. The second-order valence-corrected chi connectivity index (χ2v) is 17.6. The van der Waals surface area contributed by atoms with Gasteiger partial charge in [0.05, 0.1) is 25.9 Å². The lowest BCUT2D eigenvalue weighted by atomic mass is 10.0. The zero-order chi connectivity index (χ0) is 43.7. The number of hydrogen-bond donors (Lipinski definition) is 4. The molecule has 0 aromatic heterocycles. The normalized spacial score (nSPS) is 14.8. The smallest absolute Gasteiger partial charge is 0.462 e. The minimum Gasteiger partial charge on any atom is -0.462 e. The number of phosphoric ester groups is 1. The van der Waals surface area contributed by atoms with E-state index in [-0.39, 0.29) is 19.4 Å². The van der Waals surface area contributed by atoms with Crippen molar-refractivity contribution in [2.75, 3.05) is 26.4 Å².